The van der Waals surface area contributed by atoms with E-state index in [0.29, 0.717) is 17.4 Å². The van der Waals surface area contributed by atoms with Gasteiger partial charge in [-0.3, -0.25) is 4.79 Å². The lowest BCUT2D eigenvalue weighted by atomic mass is 9.45. The van der Waals surface area contributed by atoms with Crippen LogP contribution in [-0.4, -0.2) is 29.7 Å². The summed E-state index contributed by atoms with van der Waals surface area (Å²) in [5.41, 5.74) is 0.569. The summed E-state index contributed by atoms with van der Waals surface area (Å²) in [7, 11) is 1.61. The van der Waals surface area contributed by atoms with Gasteiger partial charge in [-0.1, -0.05) is 13.0 Å². The molecule has 5 atom stereocenters. The quantitative estimate of drug-likeness (QED) is 0.863. The second-order valence-corrected chi connectivity index (χ2v) is 7.49. The Hall–Kier alpha value is -1.81. The summed E-state index contributed by atoms with van der Waals surface area (Å²) in [5.74, 6) is 1.81. The van der Waals surface area contributed by atoms with Crippen LogP contribution in [0.3, 0.4) is 0 Å². The molecule has 1 aliphatic heterocycles. The minimum absolute atomic E-state index is 0.0471. The first-order valence-corrected chi connectivity index (χ1v) is 8.35. The van der Waals surface area contributed by atoms with Crippen LogP contribution in [0.15, 0.2) is 24.3 Å². The van der Waals surface area contributed by atoms with E-state index in [9.17, 15) is 9.90 Å². The number of ether oxygens (including phenoxy) is 2. The van der Waals surface area contributed by atoms with E-state index in [4.69, 9.17) is 9.47 Å². The molecule has 4 nitrogen and oxygen atoms in total. The predicted octanol–water partition coefficient (Wildman–Crippen LogP) is 2.17. The zero-order chi connectivity index (χ0) is 16.0. The molecule has 0 aromatic heterocycles. The molecule has 3 aliphatic carbocycles. The lowest BCUT2D eigenvalue weighted by Gasteiger charge is -2.59. The summed E-state index contributed by atoms with van der Waals surface area (Å²) >= 11 is 0. The Kier molecular flexibility index (Phi) is 2.36. The predicted molar refractivity (Wildman–Crippen MR) is 83.8 cm³/mol. The van der Waals surface area contributed by atoms with Gasteiger partial charge >= 0.3 is 0 Å². The topological polar surface area (TPSA) is 55.8 Å². The van der Waals surface area contributed by atoms with Gasteiger partial charge < -0.3 is 14.6 Å². The molecule has 1 aromatic rings. The molecule has 1 heterocycles. The van der Waals surface area contributed by atoms with Gasteiger partial charge in [-0.05, 0) is 54.9 Å². The number of carbonyl (C=O) groups is 1. The molecular formula is C19H20O4. The molecule has 120 valence electrons. The zero-order valence-electron chi connectivity index (χ0n) is 13.3. The molecule has 1 N–H and O–H groups in total. The summed E-state index contributed by atoms with van der Waals surface area (Å²) in [6, 6.07) is 4.00. The number of hydrogen-bond donors (Lipinski definition) is 1. The third kappa shape index (κ3) is 1.28. The zero-order valence-corrected chi connectivity index (χ0v) is 13.3. The van der Waals surface area contributed by atoms with Crippen LogP contribution in [0, 0.1) is 11.8 Å². The largest absolute Gasteiger partial charge is 0.493 e. The molecule has 2 bridgehead atoms. The molecule has 0 amide bonds. The molecule has 0 radical (unpaired) electrons. The first-order valence-electron chi connectivity index (χ1n) is 8.35. The van der Waals surface area contributed by atoms with E-state index in [1.165, 1.54) is 11.6 Å². The van der Waals surface area contributed by atoms with Crippen molar-refractivity contribution in [2.24, 2.45) is 11.8 Å². The van der Waals surface area contributed by atoms with Crippen molar-refractivity contribution in [1.82, 2.24) is 0 Å². The first-order chi connectivity index (χ1) is 11.0. The second-order valence-electron chi connectivity index (χ2n) is 7.49. The number of benzene rings is 1. The Balaban J connectivity index is 1.89. The number of carbonyl (C=O) groups excluding carboxylic acids is 1. The monoisotopic (exact) mass is 312 g/mol. The SMILES string of the molecule is COc1ccc2c3c1O[C@H]1C(=O)C=C[C@@]4(O)[C@@H](C2)C(C)CCC314. The molecule has 23 heavy (non-hydrogen) atoms. The summed E-state index contributed by atoms with van der Waals surface area (Å²) in [5, 5.41) is 11.7. The van der Waals surface area contributed by atoms with Crippen LogP contribution in [0.25, 0.3) is 0 Å². The fourth-order valence-electron chi connectivity index (χ4n) is 5.64. The van der Waals surface area contributed by atoms with Gasteiger partial charge in [0.15, 0.2) is 23.4 Å². The molecule has 0 saturated heterocycles. The van der Waals surface area contributed by atoms with Crippen molar-refractivity contribution in [2.45, 2.75) is 43.3 Å². The Morgan fingerprint density at radius 2 is 2.22 bits per heavy atom. The molecule has 5 rings (SSSR count). The van der Waals surface area contributed by atoms with Gasteiger partial charge in [0.25, 0.3) is 0 Å². The van der Waals surface area contributed by atoms with Crippen LogP contribution in [0.1, 0.15) is 30.9 Å². The Morgan fingerprint density at radius 1 is 1.39 bits per heavy atom. The smallest absolute Gasteiger partial charge is 0.196 e. The number of hydrogen-bond acceptors (Lipinski definition) is 4. The maximum Gasteiger partial charge on any atom is 0.196 e. The van der Waals surface area contributed by atoms with Gasteiger partial charge in [-0.15, -0.1) is 0 Å². The molecule has 1 spiro atoms. The van der Waals surface area contributed by atoms with Crippen LogP contribution >= 0.6 is 0 Å². The van der Waals surface area contributed by atoms with Crippen molar-refractivity contribution in [3.05, 3.63) is 35.4 Å². The van der Waals surface area contributed by atoms with E-state index in [0.717, 1.165) is 24.8 Å². The Morgan fingerprint density at radius 3 is 3.00 bits per heavy atom. The minimum atomic E-state index is -1.01. The number of aliphatic hydroxyl groups is 1. The van der Waals surface area contributed by atoms with Crippen molar-refractivity contribution >= 4 is 5.78 Å². The Bertz CT molecular complexity index is 767. The Labute approximate surface area is 135 Å². The van der Waals surface area contributed by atoms with Crippen LogP contribution in [0.4, 0.5) is 0 Å². The molecule has 2 unspecified atom stereocenters. The minimum Gasteiger partial charge on any atom is -0.493 e. The van der Waals surface area contributed by atoms with E-state index in [1.807, 2.05) is 6.07 Å². The molecule has 4 aliphatic rings. The third-order valence-corrected chi connectivity index (χ3v) is 6.72. The van der Waals surface area contributed by atoms with E-state index in [2.05, 4.69) is 13.0 Å². The summed E-state index contributed by atoms with van der Waals surface area (Å²) in [6.07, 6.45) is 5.25. The van der Waals surface area contributed by atoms with Gasteiger partial charge in [0.05, 0.1) is 12.5 Å². The number of ketones is 1. The maximum absolute atomic E-state index is 12.6. The fourth-order valence-corrected chi connectivity index (χ4v) is 5.64. The normalized spacial score (nSPS) is 42.2. The van der Waals surface area contributed by atoms with Crippen molar-refractivity contribution in [3.8, 4) is 11.5 Å². The summed E-state index contributed by atoms with van der Waals surface area (Å²) in [6.45, 7) is 2.21. The fraction of sp³-hybridized carbons (Fsp3) is 0.526. The van der Waals surface area contributed by atoms with Gasteiger partial charge in [-0.2, -0.15) is 0 Å². The maximum atomic E-state index is 12.6. The second kappa shape index (κ2) is 3.99. The van der Waals surface area contributed by atoms with Gasteiger partial charge in [0.2, 0.25) is 0 Å². The average molecular weight is 312 g/mol. The van der Waals surface area contributed by atoms with Crippen molar-refractivity contribution in [3.63, 3.8) is 0 Å². The van der Waals surface area contributed by atoms with Crippen LogP contribution in [0.2, 0.25) is 0 Å². The molecule has 1 aromatic carbocycles. The summed E-state index contributed by atoms with van der Waals surface area (Å²) < 4.78 is 11.6. The standard InChI is InChI=1S/C19H20O4/c1-10-5-7-18-15-11-3-4-14(22-2)16(15)23-17(18)13(20)6-8-19(18,21)12(10)9-11/h3-4,6,8,10,12,17,21H,5,7,9H2,1-2H3/t10?,12-,17-,18?,19+/m0/s1. The van der Waals surface area contributed by atoms with E-state index in [-0.39, 0.29) is 11.7 Å². The van der Waals surface area contributed by atoms with Gasteiger partial charge in [-0.25, -0.2) is 0 Å². The van der Waals surface area contributed by atoms with Crippen molar-refractivity contribution in [1.29, 1.82) is 0 Å². The highest BCUT2D eigenvalue weighted by molar-refractivity contribution is 5.98. The van der Waals surface area contributed by atoms with Gasteiger partial charge in [0, 0.05) is 5.56 Å². The van der Waals surface area contributed by atoms with E-state index in [1.54, 1.807) is 13.2 Å². The molecule has 1 fully saturated rings. The van der Waals surface area contributed by atoms with Gasteiger partial charge in [0.1, 0.15) is 5.60 Å². The molecule has 4 heteroatoms. The lowest BCUT2D eigenvalue weighted by Crippen LogP contribution is -2.69. The van der Waals surface area contributed by atoms with E-state index < -0.39 is 17.1 Å². The highest BCUT2D eigenvalue weighted by atomic mass is 16.5. The van der Waals surface area contributed by atoms with Crippen LogP contribution in [0.5, 0.6) is 11.5 Å². The third-order valence-electron chi connectivity index (χ3n) is 6.72. The highest BCUT2D eigenvalue weighted by Crippen LogP contribution is 2.66. The van der Waals surface area contributed by atoms with E-state index >= 15 is 0 Å². The molecular weight excluding hydrogens is 292 g/mol. The average Bonchev–Trinajstić information content (AvgIpc) is 2.90. The number of methoxy groups -OCH3 is 1. The molecule has 1 saturated carbocycles. The highest BCUT2D eigenvalue weighted by Gasteiger charge is 2.71. The first kappa shape index (κ1) is 13.6. The van der Waals surface area contributed by atoms with Crippen molar-refractivity contribution < 1.29 is 19.4 Å². The number of rotatable bonds is 1. The van der Waals surface area contributed by atoms with Crippen molar-refractivity contribution in [2.75, 3.05) is 7.11 Å². The lowest BCUT2D eigenvalue weighted by molar-refractivity contribution is -0.152. The summed E-state index contributed by atoms with van der Waals surface area (Å²) in [4.78, 5) is 12.6. The van der Waals surface area contributed by atoms with Crippen LogP contribution in [-0.2, 0) is 16.6 Å². The van der Waals surface area contributed by atoms with Crippen LogP contribution < -0.4 is 9.47 Å².